The maximum Gasteiger partial charge on any atom is 0.325 e. The predicted octanol–water partition coefficient (Wildman–Crippen LogP) is 1.32. The molecule has 0 aromatic rings. The zero-order valence-electron chi connectivity index (χ0n) is 8.15. The van der Waals surface area contributed by atoms with Crippen molar-refractivity contribution in [2.24, 2.45) is 11.7 Å². The Labute approximate surface area is 79.7 Å². The number of hydrogen-bond donors (Lipinski definition) is 3. The second-order valence-electron chi connectivity index (χ2n) is 3.41. The molecule has 80 valence electrons. The molecule has 0 fully saturated rings. The Hall–Kier alpha value is 0.110. The van der Waals surface area contributed by atoms with E-state index in [2.05, 4.69) is 0 Å². The summed E-state index contributed by atoms with van der Waals surface area (Å²) in [5, 5.41) is 0. The number of rotatable bonds is 7. The Balaban J connectivity index is 3.70. The molecule has 0 saturated heterocycles. The van der Waals surface area contributed by atoms with E-state index >= 15 is 0 Å². The van der Waals surface area contributed by atoms with Crippen molar-refractivity contribution in [3.63, 3.8) is 0 Å². The monoisotopic (exact) mass is 209 g/mol. The minimum absolute atomic E-state index is 0.0219. The zero-order valence-corrected chi connectivity index (χ0v) is 9.04. The molecule has 1 atom stereocenters. The Morgan fingerprint density at radius 2 is 2.00 bits per heavy atom. The fourth-order valence-electron chi connectivity index (χ4n) is 1.34. The fourth-order valence-corrected chi connectivity index (χ4v) is 2.45. The van der Waals surface area contributed by atoms with Crippen LogP contribution < -0.4 is 5.73 Å². The van der Waals surface area contributed by atoms with Crippen molar-refractivity contribution in [3.05, 3.63) is 0 Å². The first-order chi connectivity index (χ1) is 5.99. The van der Waals surface area contributed by atoms with Crippen molar-refractivity contribution in [1.29, 1.82) is 0 Å². The van der Waals surface area contributed by atoms with Crippen LogP contribution in [0.15, 0.2) is 0 Å². The summed E-state index contributed by atoms with van der Waals surface area (Å²) >= 11 is 0. The van der Waals surface area contributed by atoms with Crippen molar-refractivity contribution >= 4 is 7.60 Å². The second kappa shape index (κ2) is 6.55. The first kappa shape index (κ1) is 13.1. The molecule has 5 heteroatoms. The van der Waals surface area contributed by atoms with Gasteiger partial charge in [-0.1, -0.05) is 19.8 Å². The lowest BCUT2D eigenvalue weighted by Gasteiger charge is -2.14. The Kier molecular flexibility index (Phi) is 6.60. The minimum Gasteiger partial charge on any atom is -0.330 e. The summed E-state index contributed by atoms with van der Waals surface area (Å²) < 4.78 is 10.7. The molecule has 0 saturated carbocycles. The summed E-state index contributed by atoms with van der Waals surface area (Å²) in [6.45, 7) is 2.62. The van der Waals surface area contributed by atoms with Crippen LogP contribution in [0.4, 0.5) is 0 Å². The van der Waals surface area contributed by atoms with E-state index in [1.807, 2.05) is 6.92 Å². The van der Waals surface area contributed by atoms with E-state index < -0.39 is 7.60 Å². The molecule has 0 heterocycles. The average Bonchev–Trinajstić information content (AvgIpc) is 2.01. The van der Waals surface area contributed by atoms with Crippen LogP contribution in [-0.4, -0.2) is 22.5 Å². The van der Waals surface area contributed by atoms with Gasteiger partial charge in [0.2, 0.25) is 0 Å². The molecule has 0 aliphatic rings. The molecule has 13 heavy (non-hydrogen) atoms. The van der Waals surface area contributed by atoms with Gasteiger partial charge in [0.05, 0.1) is 6.16 Å². The molecule has 0 aliphatic carbocycles. The molecule has 4 nitrogen and oxygen atoms in total. The Bertz CT molecular complexity index is 169. The van der Waals surface area contributed by atoms with Crippen LogP contribution in [0.1, 0.15) is 32.6 Å². The van der Waals surface area contributed by atoms with Gasteiger partial charge < -0.3 is 15.5 Å². The summed E-state index contributed by atoms with van der Waals surface area (Å²) in [6.07, 6.45) is 3.63. The normalized spacial score (nSPS) is 14.5. The second-order valence-corrected chi connectivity index (χ2v) is 5.10. The van der Waals surface area contributed by atoms with Crippen molar-refractivity contribution in [2.75, 3.05) is 12.7 Å². The summed E-state index contributed by atoms with van der Waals surface area (Å²) in [4.78, 5) is 17.5. The van der Waals surface area contributed by atoms with Gasteiger partial charge in [0.1, 0.15) is 0 Å². The highest BCUT2D eigenvalue weighted by molar-refractivity contribution is 7.51. The molecule has 0 bridgehead atoms. The van der Waals surface area contributed by atoms with E-state index in [-0.39, 0.29) is 12.1 Å². The highest BCUT2D eigenvalue weighted by Gasteiger charge is 2.19. The third-order valence-electron chi connectivity index (χ3n) is 2.14. The minimum atomic E-state index is -3.82. The smallest absolute Gasteiger partial charge is 0.325 e. The van der Waals surface area contributed by atoms with E-state index in [1.54, 1.807) is 0 Å². The molecule has 0 radical (unpaired) electrons. The largest absolute Gasteiger partial charge is 0.330 e. The van der Waals surface area contributed by atoms with Crippen LogP contribution in [0, 0.1) is 5.92 Å². The van der Waals surface area contributed by atoms with Crippen LogP contribution in [-0.2, 0) is 4.57 Å². The number of nitrogens with two attached hydrogens (primary N) is 1. The molecule has 0 rings (SSSR count). The lowest BCUT2D eigenvalue weighted by molar-refractivity contribution is 0.354. The highest BCUT2D eigenvalue weighted by Crippen LogP contribution is 2.38. The lowest BCUT2D eigenvalue weighted by atomic mass is 10.0. The third kappa shape index (κ3) is 8.44. The van der Waals surface area contributed by atoms with E-state index in [1.165, 1.54) is 0 Å². The maximum absolute atomic E-state index is 10.7. The van der Waals surface area contributed by atoms with Crippen LogP contribution in [0.25, 0.3) is 0 Å². The Morgan fingerprint density at radius 3 is 2.38 bits per heavy atom. The van der Waals surface area contributed by atoms with Gasteiger partial charge in [0, 0.05) is 0 Å². The van der Waals surface area contributed by atoms with Crippen LogP contribution in [0.5, 0.6) is 0 Å². The van der Waals surface area contributed by atoms with Gasteiger partial charge in [0.25, 0.3) is 0 Å². The van der Waals surface area contributed by atoms with Gasteiger partial charge in [-0.3, -0.25) is 4.57 Å². The van der Waals surface area contributed by atoms with Crippen molar-refractivity contribution in [2.45, 2.75) is 32.6 Å². The topological polar surface area (TPSA) is 83.6 Å². The van der Waals surface area contributed by atoms with Gasteiger partial charge in [-0.05, 0) is 25.3 Å². The van der Waals surface area contributed by atoms with E-state index in [0.717, 1.165) is 25.7 Å². The molecule has 4 N–H and O–H groups in total. The lowest BCUT2D eigenvalue weighted by Crippen LogP contribution is -2.07. The number of hydrogen-bond acceptors (Lipinski definition) is 2. The molecule has 0 aromatic carbocycles. The molecule has 0 aromatic heterocycles. The van der Waals surface area contributed by atoms with Crippen LogP contribution >= 0.6 is 7.60 Å². The zero-order chi connectivity index (χ0) is 10.3. The molecule has 0 amide bonds. The van der Waals surface area contributed by atoms with Crippen LogP contribution in [0.2, 0.25) is 0 Å². The van der Waals surface area contributed by atoms with E-state index in [0.29, 0.717) is 6.54 Å². The molecular formula is C8H20NO3P. The summed E-state index contributed by atoms with van der Waals surface area (Å²) in [5.41, 5.74) is 5.33. The van der Waals surface area contributed by atoms with E-state index in [4.69, 9.17) is 15.5 Å². The van der Waals surface area contributed by atoms with Gasteiger partial charge in [-0.25, -0.2) is 0 Å². The molecular weight excluding hydrogens is 189 g/mol. The van der Waals surface area contributed by atoms with Gasteiger partial charge >= 0.3 is 7.60 Å². The third-order valence-corrected chi connectivity index (χ3v) is 3.13. The van der Waals surface area contributed by atoms with Crippen molar-refractivity contribution in [3.8, 4) is 0 Å². The van der Waals surface area contributed by atoms with Gasteiger partial charge in [-0.2, -0.15) is 0 Å². The Morgan fingerprint density at radius 1 is 1.38 bits per heavy atom. The van der Waals surface area contributed by atoms with Crippen LogP contribution in [0.3, 0.4) is 0 Å². The molecule has 0 aliphatic heterocycles. The molecule has 1 unspecified atom stereocenters. The quantitative estimate of drug-likeness (QED) is 0.436. The average molecular weight is 209 g/mol. The number of unbranched alkanes of at least 4 members (excludes halogenated alkanes) is 1. The van der Waals surface area contributed by atoms with Gasteiger partial charge in [0.15, 0.2) is 0 Å². The first-order valence-electron chi connectivity index (χ1n) is 4.74. The molecule has 0 spiro atoms. The first-order valence-corrected chi connectivity index (χ1v) is 6.54. The van der Waals surface area contributed by atoms with Crippen molar-refractivity contribution in [1.82, 2.24) is 0 Å². The summed E-state index contributed by atoms with van der Waals surface area (Å²) in [7, 11) is -3.82. The summed E-state index contributed by atoms with van der Waals surface area (Å²) in [6, 6.07) is 0. The fraction of sp³-hybridized carbons (Fsp3) is 1.00. The van der Waals surface area contributed by atoms with E-state index in [9.17, 15) is 4.57 Å². The SMILES string of the molecule is CCC(CCCCN)CP(=O)(O)O. The van der Waals surface area contributed by atoms with Crippen molar-refractivity contribution < 1.29 is 14.4 Å². The standard InChI is InChI=1S/C8H20NO3P/c1-2-8(5-3-4-6-9)7-13(10,11)12/h8H,2-7,9H2,1H3,(H2,10,11,12). The summed E-state index contributed by atoms with van der Waals surface area (Å²) in [5.74, 6) is 0.146. The predicted molar refractivity (Wildman–Crippen MR) is 53.6 cm³/mol. The highest BCUT2D eigenvalue weighted by atomic mass is 31.2. The van der Waals surface area contributed by atoms with Gasteiger partial charge in [-0.15, -0.1) is 0 Å². The maximum atomic E-state index is 10.7.